The third-order valence-electron chi connectivity index (χ3n) is 2.16. The summed E-state index contributed by atoms with van der Waals surface area (Å²) in [6, 6.07) is 1.68. The van der Waals surface area contributed by atoms with E-state index in [2.05, 4.69) is 16.2 Å². The Morgan fingerprint density at radius 3 is 3.06 bits per heavy atom. The number of hydrogen-bond acceptors (Lipinski definition) is 3. The first-order valence-electron chi connectivity index (χ1n) is 5.03. The molecular weight excluding hydrogens is 204 g/mol. The quantitative estimate of drug-likeness (QED) is 0.585. The Labute approximate surface area is 94.7 Å². The van der Waals surface area contributed by atoms with Crippen molar-refractivity contribution in [2.45, 2.75) is 19.8 Å². The third kappa shape index (κ3) is 2.99. The minimum absolute atomic E-state index is 0.225. The van der Waals surface area contributed by atoms with Crippen LogP contribution in [0.5, 0.6) is 0 Å². The zero-order valence-corrected chi connectivity index (χ0v) is 9.16. The molecule has 0 bridgehead atoms. The first kappa shape index (κ1) is 12.1. The predicted octanol–water partition coefficient (Wildman–Crippen LogP) is 1.91. The van der Waals surface area contributed by atoms with Crippen molar-refractivity contribution in [3.05, 3.63) is 23.4 Å². The number of carboxylic acid groups (broad SMARTS) is 1. The summed E-state index contributed by atoms with van der Waals surface area (Å²) in [7, 11) is 0. The van der Waals surface area contributed by atoms with E-state index in [1.54, 1.807) is 19.2 Å². The average molecular weight is 218 g/mol. The van der Waals surface area contributed by atoms with Gasteiger partial charge in [-0.25, -0.2) is 9.78 Å². The fourth-order valence-electron chi connectivity index (χ4n) is 1.36. The molecule has 0 aliphatic heterocycles. The van der Waals surface area contributed by atoms with Crippen LogP contribution < -0.4 is 5.32 Å². The minimum atomic E-state index is -0.968. The number of unbranched alkanes of at least 4 members (excludes halogenated alkanes) is 1. The van der Waals surface area contributed by atoms with Crippen LogP contribution in [0.1, 0.15) is 28.8 Å². The summed E-state index contributed by atoms with van der Waals surface area (Å²) in [6.45, 7) is 2.37. The molecule has 0 fully saturated rings. The van der Waals surface area contributed by atoms with E-state index in [-0.39, 0.29) is 5.56 Å². The second-order valence-electron chi connectivity index (χ2n) is 3.39. The van der Waals surface area contributed by atoms with Gasteiger partial charge in [-0.1, -0.05) is 0 Å². The highest BCUT2D eigenvalue weighted by molar-refractivity contribution is 5.94. The molecule has 0 saturated heterocycles. The highest BCUT2D eigenvalue weighted by Gasteiger charge is 2.13. The van der Waals surface area contributed by atoms with Crippen LogP contribution in [0.4, 0.5) is 5.82 Å². The van der Waals surface area contributed by atoms with E-state index in [1.807, 2.05) is 0 Å². The third-order valence-corrected chi connectivity index (χ3v) is 2.16. The summed E-state index contributed by atoms with van der Waals surface area (Å²) < 4.78 is 0. The maximum atomic E-state index is 11.0. The minimum Gasteiger partial charge on any atom is -0.478 e. The Bertz CT molecular complexity index is 422. The Balaban J connectivity index is 2.76. The lowest BCUT2D eigenvalue weighted by molar-refractivity contribution is 0.0697. The molecule has 0 atom stereocenters. The van der Waals surface area contributed by atoms with Gasteiger partial charge in [-0.3, -0.25) is 0 Å². The molecule has 0 aliphatic rings. The average Bonchev–Trinajstić information content (AvgIpc) is 2.24. The van der Waals surface area contributed by atoms with E-state index < -0.39 is 5.97 Å². The summed E-state index contributed by atoms with van der Waals surface area (Å²) in [6.07, 6.45) is 8.18. The van der Waals surface area contributed by atoms with Gasteiger partial charge in [0, 0.05) is 19.2 Å². The van der Waals surface area contributed by atoms with Crippen LogP contribution in [0.15, 0.2) is 12.3 Å². The van der Waals surface area contributed by atoms with Crippen molar-refractivity contribution in [1.29, 1.82) is 0 Å². The molecule has 0 saturated carbocycles. The molecule has 2 N–H and O–H groups in total. The van der Waals surface area contributed by atoms with Crippen LogP contribution in [-0.4, -0.2) is 22.6 Å². The monoisotopic (exact) mass is 218 g/mol. The summed E-state index contributed by atoms with van der Waals surface area (Å²) in [4.78, 5) is 15.0. The number of terminal acetylenes is 1. The van der Waals surface area contributed by atoms with Crippen molar-refractivity contribution in [2.75, 3.05) is 11.9 Å². The lowest BCUT2D eigenvalue weighted by atomic mass is 10.1. The number of anilines is 1. The number of rotatable bonds is 5. The van der Waals surface area contributed by atoms with Crippen LogP contribution in [0.2, 0.25) is 0 Å². The topological polar surface area (TPSA) is 62.2 Å². The zero-order valence-electron chi connectivity index (χ0n) is 9.16. The summed E-state index contributed by atoms with van der Waals surface area (Å²) in [5.41, 5.74) is 0.921. The molecular formula is C12H14N2O2. The van der Waals surface area contributed by atoms with E-state index in [0.29, 0.717) is 24.3 Å². The number of aromatic carboxylic acids is 1. The standard InChI is InChI=1S/C12H14N2O2/c1-3-4-5-7-13-11-10(12(15)16)9(2)6-8-14-11/h1,6,8H,4-5,7H2,2H3,(H,13,14)(H,15,16). The smallest absolute Gasteiger partial charge is 0.339 e. The Kier molecular flexibility index (Phi) is 4.34. The van der Waals surface area contributed by atoms with E-state index >= 15 is 0 Å². The number of aryl methyl sites for hydroxylation is 1. The van der Waals surface area contributed by atoms with Crippen molar-refractivity contribution in [3.8, 4) is 12.3 Å². The van der Waals surface area contributed by atoms with Gasteiger partial charge in [0.15, 0.2) is 0 Å². The van der Waals surface area contributed by atoms with Crippen LogP contribution in [0.3, 0.4) is 0 Å². The SMILES string of the molecule is C#CCCCNc1nccc(C)c1C(=O)O. The number of nitrogens with zero attached hydrogens (tertiary/aromatic N) is 1. The van der Waals surface area contributed by atoms with Gasteiger partial charge in [-0.15, -0.1) is 12.3 Å². The Morgan fingerprint density at radius 1 is 1.69 bits per heavy atom. The molecule has 1 heterocycles. The molecule has 0 unspecified atom stereocenters. The van der Waals surface area contributed by atoms with E-state index in [4.69, 9.17) is 11.5 Å². The van der Waals surface area contributed by atoms with Crippen molar-refractivity contribution in [1.82, 2.24) is 4.98 Å². The summed E-state index contributed by atoms with van der Waals surface area (Å²) in [5, 5.41) is 12.0. The predicted molar refractivity (Wildman–Crippen MR) is 62.5 cm³/mol. The second kappa shape index (κ2) is 5.76. The van der Waals surface area contributed by atoms with Gasteiger partial charge in [-0.2, -0.15) is 0 Å². The molecule has 0 aromatic carbocycles. The van der Waals surface area contributed by atoms with Crippen molar-refractivity contribution in [3.63, 3.8) is 0 Å². The van der Waals surface area contributed by atoms with Gasteiger partial charge >= 0.3 is 5.97 Å². The number of aromatic nitrogens is 1. The maximum Gasteiger partial charge on any atom is 0.339 e. The highest BCUT2D eigenvalue weighted by atomic mass is 16.4. The fraction of sp³-hybridized carbons (Fsp3) is 0.333. The largest absolute Gasteiger partial charge is 0.478 e. The van der Waals surface area contributed by atoms with E-state index in [0.717, 1.165) is 6.42 Å². The normalized spacial score (nSPS) is 9.50. The molecule has 0 aliphatic carbocycles. The van der Waals surface area contributed by atoms with Crippen molar-refractivity contribution < 1.29 is 9.90 Å². The van der Waals surface area contributed by atoms with Gasteiger partial charge in [-0.05, 0) is 25.0 Å². The van der Waals surface area contributed by atoms with Crippen LogP contribution in [-0.2, 0) is 0 Å². The van der Waals surface area contributed by atoms with Gasteiger partial charge in [0.2, 0.25) is 0 Å². The molecule has 1 aromatic heterocycles. The van der Waals surface area contributed by atoms with Gasteiger partial charge in [0.05, 0.1) is 0 Å². The van der Waals surface area contributed by atoms with Gasteiger partial charge in [0.25, 0.3) is 0 Å². The fourth-order valence-corrected chi connectivity index (χ4v) is 1.36. The van der Waals surface area contributed by atoms with Crippen LogP contribution >= 0.6 is 0 Å². The highest BCUT2D eigenvalue weighted by Crippen LogP contribution is 2.16. The molecule has 16 heavy (non-hydrogen) atoms. The first-order chi connectivity index (χ1) is 7.66. The van der Waals surface area contributed by atoms with Crippen LogP contribution in [0.25, 0.3) is 0 Å². The maximum absolute atomic E-state index is 11.0. The lowest BCUT2D eigenvalue weighted by Crippen LogP contribution is -2.10. The molecule has 1 aromatic rings. The molecule has 0 amide bonds. The number of nitrogens with one attached hydrogen (secondary N) is 1. The lowest BCUT2D eigenvalue weighted by Gasteiger charge is -2.09. The second-order valence-corrected chi connectivity index (χ2v) is 3.39. The molecule has 84 valence electrons. The van der Waals surface area contributed by atoms with E-state index in [1.165, 1.54) is 0 Å². The van der Waals surface area contributed by atoms with Crippen LogP contribution in [0, 0.1) is 19.3 Å². The molecule has 4 nitrogen and oxygen atoms in total. The zero-order chi connectivity index (χ0) is 12.0. The molecule has 4 heteroatoms. The Hall–Kier alpha value is -2.02. The molecule has 1 rings (SSSR count). The van der Waals surface area contributed by atoms with E-state index in [9.17, 15) is 4.79 Å². The number of pyridine rings is 1. The number of hydrogen-bond donors (Lipinski definition) is 2. The number of carboxylic acids is 1. The summed E-state index contributed by atoms with van der Waals surface area (Å²) >= 11 is 0. The number of carbonyl (C=O) groups is 1. The molecule has 0 radical (unpaired) electrons. The van der Waals surface area contributed by atoms with Gasteiger partial charge < -0.3 is 10.4 Å². The molecule has 0 spiro atoms. The summed E-state index contributed by atoms with van der Waals surface area (Å²) in [5.74, 6) is 1.97. The first-order valence-corrected chi connectivity index (χ1v) is 5.03. The Morgan fingerprint density at radius 2 is 2.44 bits per heavy atom. The van der Waals surface area contributed by atoms with Gasteiger partial charge in [0.1, 0.15) is 11.4 Å². The van der Waals surface area contributed by atoms with Crippen molar-refractivity contribution in [2.24, 2.45) is 0 Å². The van der Waals surface area contributed by atoms with Crippen molar-refractivity contribution >= 4 is 11.8 Å².